The number of carbonyl (C=O) groups excluding carboxylic acids is 2. The normalized spacial score (nSPS) is 19.1. The van der Waals surface area contributed by atoms with Crippen LogP contribution in [0.3, 0.4) is 0 Å². The maximum absolute atomic E-state index is 12.6. The fourth-order valence-corrected chi connectivity index (χ4v) is 4.14. The number of anilines is 2. The van der Waals surface area contributed by atoms with Crippen LogP contribution in [-0.2, 0) is 9.59 Å². The minimum absolute atomic E-state index is 0.00800. The van der Waals surface area contributed by atoms with Crippen molar-refractivity contribution in [3.05, 3.63) is 24.3 Å². The number of hydrogen-bond donors (Lipinski definition) is 1. The number of rotatable bonds is 5. The highest BCUT2D eigenvalue weighted by Crippen LogP contribution is 2.25. The number of amides is 2. The molecule has 5 nitrogen and oxygen atoms in total. The molecule has 2 aliphatic heterocycles. The molecule has 5 heteroatoms. The van der Waals surface area contributed by atoms with Gasteiger partial charge in [-0.3, -0.25) is 9.59 Å². The highest BCUT2D eigenvalue weighted by molar-refractivity contribution is 5.93. The molecule has 0 aliphatic carbocycles. The molecule has 1 N–H and O–H groups in total. The summed E-state index contributed by atoms with van der Waals surface area (Å²) in [6.07, 6.45) is 4.59. The largest absolute Gasteiger partial charge is 0.372 e. The van der Waals surface area contributed by atoms with E-state index in [1.807, 2.05) is 17.0 Å². The Morgan fingerprint density at radius 2 is 1.61 bits per heavy atom. The average Bonchev–Trinajstić information content (AvgIpc) is 2.69. The van der Waals surface area contributed by atoms with E-state index >= 15 is 0 Å². The lowest BCUT2D eigenvalue weighted by Crippen LogP contribution is -2.41. The fourth-order valence-electron chi connectivity index (χ4n) is 4.14. The SMILES string of the molecule is CC(C)CC(=O)N1CCC(C(=O)Nc2ccc(N3CCC(C)CC3)cc2)CC1. The van der Waals surface area contributed by atoms with Gasteiger partial charge in [0, 0.05) is 49.9 Å². The maximum atomic E-state index is 12.6. The Bertz CT molecular complexity index is 655. The fraction of sp³-hybridized carbons (Fsp3) is 0.652. The molecular weight excluding hydrogens is 350 g/mol. The quantitative estimate of drug-likeness (QED) is 0.828. The molecule has 3 rings (SSSR count). The topological polar surface area (TPSA) is 52.7 Å². The van der Waals surface area contributed by atoms with Gasteiger partial charge in [-0.15, -0.1) is 0 Å². The van der Waals surface area contributed by atoms with Gasteiger partial charge in [-0.25, -0.2) is 0 Å². The van der Waals surface area contributed by atoms with Gasteiger partial charge in [-0.05, 0) is 61.8 Å². The van der Waals surface area contributed by atoms with Crippen LogP contribution in [0.4, 0.5) is 11.4 Å². The van der Waals surface area contributed by atoms with Gasteiger partial charge < -0.3 is 15.1 Å². The van der Waals surface area contributed by atoms with Crippen molar-refractivity contribution in [1.29, 1.82) is 0 Å². The molecule has 1 aromatic carbocycles. The van der Waals surface area contributed by atoms with E-state index in [1.165, 1.54) is 18.5 Å². The smallest absolute Gasteiger partial charge is 0.227 e. The van der Waals surface area contributed by atoms with Crippen molar-refractivity contribution in [3.63, 3.8) is 0 Å². The molecular formula is C23H35N3O2. The number of hydrogen-bond acceptors (Lipinski definition) is 3. The first-order chi connectivity index (χ1) is 13.4. The predicted octanol–water partition coefficient (Wildman–Crippen LogP) is 4.15. The second-order valence-electron chi connectivity index (χ2n) is 8.96. The molecule has 154 valence electrons. The third-order valence-corrected chi connectivity index (χ3v) is 6.08. The summed E-state index contributed by atoms with van der Waals surface area (Å²) >= 11 is 0. The van der Waals surface area contributed by atoms with Gasteiger partial charge in [0.25, 0.3) is 0 Å². The van der Waals surface area contributed by atoms with E-state index in [0.29, 0.717) is 25.4 Å². The molecule has 28 heavy (non-hydrogen) atoms. The van der Waals surface area contributed by atoms with Crippen LogP contribution >= 0.6 is 0 Å². The summed E-state index contributed by atoms with van der Waals surface area (Å²) in [6.45, 7) is 10.1. The van der Waals surface area contributed by atoms with E-state index in [1.54, 1.807) is 0 Å². The molecule has 0 radical (unpaired) electrons. The Labute approximate surface area is 169 Å². The summed E-state index contributed by atoms with van der Waals surface area (Å²) in [5.41, 5.74) is 2.10. The van der Waals surface area contributed by atoms with Crippen molar-refractivity contribution in [1.82, 2.24) is 4.90 Å². The van der Waals surface area contributed by atoms with E-state index in [4.69, 9.17) is 0 Å². The molecule has 2 aliphatic rings. The highest BCUT2D eigenvalue weighted by Gasteiger charge is 2.27. The minimum atomic E-state index is -0.00800. The third-order valence-electron chi connectivity index (χ3n) is 6.08. The first-order valence-corrected chi connectivity index (χ1v) is 10.9. The van der Waals surface area contributed by atoms with Gasteiger partial charge >= 0.3 is 0 Å². The molecule has 0 spiro atoms. The van der Waals surface area contributed by atoms with Crippen LogP contribution in [0.5, 0.6) is 0 Å². The zero-order valence-electron chi connectivity index (χ0n) is 17.6. The Morgan fingerprint density at radius 1 is 1.00 bits per heavy atom. The molecule has 2 saturated heterocycles. The predicted molar refractivity (Wildman–Crippen MR) is 114 cm³/mol. The molecule has 0 aromatic heterocycles. The summed E-state index contributed by atoms with van der Waals surface area (Å²) in [5.74, 6) is 1.49. The zero-order valence-corrected chi connectivity index (χ0v) is 17.6. The second kappa shape index (κ2) is 9.44. The van der Waals surface area contributed by atoms with E-state index in [9.17, 15) is 9.59 Å². The van der Waals surface area contributed by atoms with E-state index in [2.05, 4.69) is 43.1 Å². The number of piperidine rings is 2. The Balaban J connectivity index is 1.47. The number of nitrogens with one attached hydrogen (secondary N) is 1. The zero-order chi connectivity index (χ0) is 20.1. The number of carbonyl (C=O) groups is 2. The molecule has 2 amide bonds. The van der Waals surface area contributed by atoms with Crippen molar-refractivity contribution in [2.45, 2.75) is 52.9 Å². The van der Waals surface area contributed by atoms with Gasteiger partial charge in [0.15, 0.2) is 0 Å². The van der Waals surface area contributed by atoms with Crippen LogP contribution in [0.1, 0.15) is 52.9 Å². The average molecular weight is 386 g/mol. The van der Waals surface area contributed by atoms with Crippen LogP contribution in [0, 0.1) is 17.8 Å². The Kier molecular flexibility index (Phi) is 6.97. The molecule has 2 fully saturated rings. The van der Waals surface area contributed by atoms with Crippen molar-refractivity contribution < 1.29 is 9.59 Å². The van der Waals surface area contributed by atoms with E-state index in [0.717, 1.165) is 37.5 Å². The molecule has 0 saturated carbocycles. The monoisotopic (exact) mass is 385 g/mol. The van der Waals surface area contributed by atoms with Gasteiger partial charge in [-0.1, -0.05) is 20.8 Å². The highest BCUT2D eigenvalue weighted by atomic mass is 16.2. The summed E-state index contributed by atoms with van der Waals surface area (Å²) in [5, 5.41) is 3.06. The third kappa shape index (κ3) is 5.49. The standard InChI is InChI=1S/C23H35N3O2/c1-17(2)16-22(27)26-14-10-19(11-15-26)23(28)24-20-4-6-21(7-5-20)25-12-8-18(3)9-13-25/h4-7,17-19H,8-16H2,1-3H3,(H,24,28). The molecule has 1 aromatic rings. The van der Waals surface area contributed by atoms with Crippen LogP contribution in [0.25, 0.3) is 0 Å². The molecule has 0 bridgehead atoms. The molecule has 2 heterocycles. The van der Waals surface area contributed by atoms with E-state index in [-0.39, 0.29) is 17.7 Å². The van der Waals surface area contributed by atoms with Gasteiger partial charge in [-0.2, -0.15) is 0 Å². The van der Waals surface area contributed by atoms with Crippen LogP contribution in [0.15, 0.2) is 24.3 Å². The van der Waals surface area contributed by atoms with Crippen molar-refractivity contribution in [2.24, 2.45) is 17.8 Å². The van der Waals surface area contributed by atoms with Crippen LogP contribution < -0.4 is 10.2 Å². The summed E-state index contributed by atoms with van der Waals surface area (Å²) in [4.78, 5) is 29.1. The minimum Gasteiger partial charge on any atom is -0.372 e. The lowest BCUT2D eigenvalue weighted by molar-refractivity contribution is -0.135. The van der Waals surface area contributed by atoms with E-state index < -0.39 is 0 Å². The van der Waals surface area contributed by atoms with Gasteiger partial charge in [0.1, 0.15) is 0 Å². The Hall–Kier alpha value is -2.04. The summed E-state index contributed by atoms with van der Waals surface area (Å²) in [7, 11) is 0. The second-order valence-corrected chi connectivity index (χ2v) is 8.96. The number of nitrogens with zero attached hydrogens (tertiary/aromatic N) is 2. The van der Waals surface area contributed by atoms with Crippen molar-refractivity contribution in [2.75, 3.05) is 36.4 Å². The number of likely N-dealkylation sites (tertiary alicyclic amines) is 1. The van der Waals surface area contributed by atoms with Gasteiger partial charge in [0.2, 0.25) is 11.8 Å². The molecule has 0 atom stereocenters. The van der Waals surface area contributed by atoms with Crippen molar-refractivity contribution >= 4 is 23.2 Å². The van der Waals surface area contributed by atoms with Crippen molar-refractivity contribution in [3.8, 4) is 0 Å². The molecule has 0 unspecified atom stereocenters. The van der Waals surface area contributed by atoms with Crippen LogP contribution in [0.2, 0.25) is 0 Å². The summed E-state index contributed by atoms with van der Waals surface area (Å²) in [6, 6.07) is 8.23. The maximum Gasteiger partial charge on any atom is 0.227 e. The number of benzene rings is 1. The summed E-state index contributed by atoms with van der Waals surface area (Å²) < 4.78 is 0. The lowest BCUT2D eigenvalue weighted by atomic mass is 9.95. The lowest BCUT2D eigenvalue weighted by Gasteiger charge is -2.32. The first-order valence-electron chi connectivity index (χ1n) is 10.9. The Morgan fingerprint density at radius 3 is 2.18 bits per heavy atom. The first kappa shape index (κ1) is 20.7. The van der Waals surface area contributed by atoms with Crippen LogP contribution in [-0.4, -0.2) is 42.9 Å². The van der Waals surface area contributed by atoms with Gasteiger partial charge in [0.05, 0.1) is 0 Å².